The van der Waals surface area contributed by atoms with Gasteiger partial charge in [0.05, 0.1) is 23.7 Å². The summed E-state index contributed by atoms with van der Waals surface area (Å²) in [7, 11) is 0. The van der Waals surface area contributed by atoms with E-state index in [-0.39, 0.29) is 110 Å². The van der Waals surface area contributed by atoms with Crippen molar-refractivity contribution < 1.29 is 85.7 Å². The monoisotopic (exact) mass is 854 g/mol. The topological polar surface area (TPSA) is 328 Å². The van der Waals surface area contributed by atoms with Crippen LogP contribution in [-0.4, -0.2) is 89.8 Å². The summed E-state index contributed by atoms with van der Waals surface area (Å²) >= 11 is 0. The van der Waals surface area contributed by atoms with Gasteiger partial charge in [-0.15, -0.1) is 0 Å². The molecular formula is C44H38O18. The van der Waals surface area contributed by atoms with Crippen molar-refractivity contribution in [1.29, 1.82) is 0 Å². The molecule has 3 aliphatic rings. The lowest BCUT2D eigenvalue weighted by atomic mass is 9.90. The molecule has 0 fully saturated rings. The van der Waals surface area contributed by atoms with Gasteiger partial charge in [0.15, 0.2) is 34.9 Å². The van der Waals surface area contributed by atoms with Crippen molar-refractivity contribution in [1.82, 2.24) is 0 Å². The van der Waals surface area contributed by atoms with Crippen LogP contribution in [0.1, 0.15) is 51.7 Å². The second-order valence-corrected chi connectivity index (χ2v) is 15.1. The van der Waals surface area contributed by atoms with Crippen molar-refractivity contribution in [3.05, 3.63) is 116 Å². The Bertz CT molecular complexity index is 2840. The highest BCUT2D eigenvalue weighted by atomic mass is 16.5. The number of fused-ring (bicyclic) bond motifs is 4. The van der Waals surface area contributed by atoms with Gasteiger partial charge in [0.25, 0.3) is 0 Å². The molecule has 18 heteroatoms. The van der Waals surface area contributed by atoms with Crippen molar-refractivity contribution in [2.75, 3.05) is 0 Å². The maximum Gasteiger partial charge on any atom is 0.221 e. The summed E-state index contributed by atoms with van der Waals surface area (Å²) in [6.07, 6.45) is -6.97. The number of rotatable bonds is 3. The molecule has 0 unspecified atom stereocenters. The Kier molecular flexibility index (Phi) is 10.2. The van der Waals surface area contributed by atoms with Crippen molar-refractivity contribution in [2.24, 2.45) is 0 Å². The quantitative estimate of drug-likeness (QED) is 0.113. The lowest BCUT2D eigenvalue weighted by molar-refractivity contribution is 0.0194. The fraction of sp³-hybridized carbons (Fsp3) is 0.205. The third kappa shape index (κ3) is 7.31. The van der Waals surface area contributed by atoms with Gasteiger partial charge in [-0.05, 0) is 46.8 Å². The highest BCUT2D eigenvalue weighted by Crippen LogP contribution is 2.49. The zero-order valence-electron chi connectivity index (χ0n) is 31.9. The van der Waals surface area contributed by atoms with Crippen molar-refractivity contribution in [3.8, 4) is 80.5 Å². The summed E-state index contributed by atoms with van der Waals surface area (Å²) in [5.74, 6) is -4.22. The standard InChI is InChI=1S/C29H24O12.C15H14O6/c30-11-3-17(32)15-8-21(36)28(40-23(15)5-11)10-1-13-14(7-20(35)27(39)25(13)26(38)19(34)2-10)29-22(37)9-16-18(33)4-12(31)6-24(16)41-29;16-8-4-11(18)9-6-13(20)15(21-14(9)5-8)7-1-2-10(17)12(19)3-7/h1-7,21-22,28-33,35-37,39H,8-9H2,(H,34,38);1-5,13,15-20H,6H2/t21-,22-,28-,29-;13-,15-/m11/s1. The van der Waals surface area contributed by atoms with Crippen LogP contribution in [0.2, 0.25) is 0 Å². The molecule has 0 radical (unpaired) electrons. The third-order valence-electron chi connectivity index (χ3n) is 11.0. The molecule has 0 spiro atoms. The van der Waals surface area contributed by atoms with Gasteiger partial charge in [-0.25, -0.2) is 0 Å². The summed E-state index contributed by atoms with van der Waals surface area (Å²) in [6, 6.07) is 14.7. The predicted molar refractivity (Wildman–Crippen MR) is 214 cm³/mol. The first-order valence-corrected chi connectivity index (χ1v) is 18.8. The van der Waals surface area contributed by atoms with Crippen LogP contribution in [0.5, 0.6) is 80.5 Å². The Hall–Kier alpha value is -7.67. The lowest BCUT2D eigenvalue weighted by Crippen LogP contribution is -2.31. The first-order chi connectivity index (χ1) is 29.4. The maximum absolute atomic E-state index is 13.0. The molecule has 0 bridgehead atoms. The Morgan fingerprint density at radius 1 is 0.419 bits per heavy atom. The molecule has 322 valence electrons. The minimum atomic E-state index is -1.33. The molecule has 3 heterocycles. The smallest absolute Gasteiger partial charge is 0.221 e. The third-order valence-corrected chi connectivity index (χ3v) is 11.0. The summed E-state index contributed by atoms with van der Waals surface area (Å²) in [5, 5.41) is 142. The summed E-state index contributed by atoms with van der Waals surface area (Å²) in [4.78, 5) is 13.0. The van der Waals surface area contributed by atoms with Gasteiger partial charge < -0.3 is 85.7 Å². The van der Waals surface area contributed by atoms with Gasteiger partial charge in [0, 0.05) is 77.9 Å². The number of phenolic OH excluding ortho intramolecular Hbond substituents is 10. The minimum Gasteiger partial charge on any atom is -0.508 e. The minimum absolute atomic E-state index is 0.0180. The van der Waals surface area contributed by atoms with Crippen LogP contribution in [-0.2, 0) is 19.3 Å². The van der Waals surface area contributed by atoms with Crippen LogP contribution in [0, 0.1) is 0 Å². The Labute approximate surface area is 348 Å². The number of aromatic hydroxyl groups is 11. The van der Waals surface area contributed by atoms with Crippen LogP contribution in [0.25, 0.3) is 10.8 Å². The van der Waals surface area contributed by atoms with Crippen LogP contribution >= 0.6 is 0 Å². The summed E-state index contributed by atoms with van der Waals surface area (Å²) in [5.41, 5.74) is 0.393. The zero-order chi connectivity index (χ0) is 44.5. The van der Waals surface area contributed by atoms with Crippen LogP contribution in [0.4, 0.5) is 0 Å². The number of aliphatic hydroxyl groups is 3. The number of ether oxygens (including phenoxy) is 3. The van der Waals surface area contributed by atoms with Crippen LogP contribution in [0.15, 0.2) is 77.6 Å². The highest BCUT2D eigenvalue weighted by Gasteiger charge is 2.37. The van der Waals surface area contributed by atoms with E-state index in [2.05, 4.69) is 0 Å². The molecule has 62 heavy (non-hydrogen) atoms. The molecule has 0 aliphatic carbocycles. The predicted octanol–water partition coefficient (Wildman–Crippen LogP) is 3.76. The largest absolute Gasteiger partial charge is 0.508 e. The van der Waals surface area contributed by atoms with Gasteiger partial charge >= 0.3 is 0 Å². The molecule has 18 nitrogen and oxygen atoms in total. The number of hydrogen-bond donors (Lipinski definition) is 14. The van der Waals surface area contributed by atoms with Gasteiger partial charge in [0.2, 0.25) is 5.43 Å². The Morgan fingerprint density at radius 3 is 1.35 bits per heavy atom. The average Bonchev–Trinajstić information content (AvgIpc) is 3.33. The van der Waals surface area contributed by atoms with Crippen LogP contribution < -0.4 is 19.6 Å². The summed E-state index contributed by atoms with van der Waals surface area (Å²) in [6.45, 7) is 0. The van der Waals surface area contributed by atoms with E-state index in [0.717, 1.165) is 24.3 Å². The first-order valence-electron chi connectivity index (χ1n) is 18.8. The van der Waals surface area contributed by atoms with E-state index in [9.17, 15) is 76.3 Å². The van der Waals surface area contributed by atoms with E-state index in [1.54, 1.807) is 0 Å². The molecular weight excluding hydrogens is 816 g/mol. The van der Waals surface area contributed by atoms with E-state index < -0.39 is 64.7 Å². The molecule has 6 atom stereocenters. The van der Waals surface area contributed by atoms with E-state index in [4.69, 9.17) is 14.2 Å². The second kappa shape index (κ2) is 15.4. The highest BCUT2D eigenvalue weighted by molar-refractivity contribution is 5.97. The maximum atomic E-state index is 13.0. The van der Waals surface area contributed by atoms with Crippen molar-refractivity contribution >= 4 is 10.8 Å². The average molecular weight is 855 g/mol. The Balaban J connectivity index is 0.000000211. The van der Waals surface area contributed by atoms with Crippen molar-refractivity contribution in [2.45, 2.75) is 55.9 Å². The fourth-order valence-electron chi connectivity index (χ4n) is 7.98. The molecule has 0 amide bonds. The molecule has 0 saturated carbocycles. The molecule has 0 aromatic heterocycles. The number of aliphatic hydroxyl groups excluding tert-OH is 3. The molecule has 14 N–H and O–H groups in total. The normalized spacial score (nSPS) is 21.1. The van der Waals surface area contributed by atoms with E-state index in [1.807, 2.05) is 0 Å². The van der Waals surface area contributed by atoms with Crippen molar-refractivity contribution in [3.63, 3.8) is 0 Å². The Morgan fingerprint density at radius 2 is 0.871 bits per heavy atom. The molecule has 3 aliphatic heterocycles. The van der Waals surface area contributed by atoms with E-state index in [0.29, 0.717) is 11.1 Å². The van der Waals surface area contributed by atoms with Gasteiger partial charge in [-0.3, -0.25) is 4.79 Å². The zero-order valence-corrected chi connectivity index (χ0v) is 31.9. The van der Waals surface area contributed by atoms with Gasteiger partial charge in [-0.2, -0.15) is 0 Å². The van der Waals surface area contributed by atoms with E-state index >= 15 is 0 Å². The lowest BCUT2D eigenvalue weighted by Gasteiger charge is -2.32. The number of phenols is 10. The SMILES string of the molecule is O=c1cc([C@H]2Oc3cc(O)cc(O)c3C[C@H]2O)cc2c([C@H]3Oc4cc(O)cc(O)c4C[C@H]3O)cc(O)c(O)c2c1O.Oc1cc(O)c2c(c1)O[C@H](c1ccc(O)c(O)c1)[C@H](O)C2. The van der Waals surface area contributed by atoms with Gasteiger partial charge in [0.1, 0.15) is 64.0 Å². The van der Waals surface area contributed by atoms with E-state index in [1.165, 1.54) is 48.5 Å². The second-order valence-electron chi connectivity index (χ2n) is 15.1. The molecule has 9 rings (SSSR count). The number of benzene rings is 5. The molecule has 6 aromatic rings. The van der Waals surface area contributed by atoms with Gasteiger partial charge in [-0.1, -0.05) is 6.07 Å². The fourth-order valence-corrected chi connectivity index (χ4v) is 7.98. The molecule has 0 saturated heterocycles. The van der Waals surface area contributed by atoms with Crippen LogP contribution in [0.3, 0.4) is 0 Å². The summed E-state index contributed by atoms with van der Waals surface area (Å²) < 4.78 is 17.4. The molecule has 6 aromatic carbocycles. The number of hydrogen-bond acceptors (Lipinski definition) is 18. The first kappa shape index (κ1) is 41.1.